The van der Waals surface area contributed by atoms with E-state index in [0.29, 0.717) is 0 Å². The molecular formula is C10H23NO. The van der Waals surface area contributed by atoms with Crippen molar-refractivity contribution in [3.63, 3.8) is 0 Å². The van der Waals surface area contributed by atoms with Crippen LogP contribution in [0.15, 0.2) is 0 Å². The van der Waals surface area contributed by atoms with Crippen molar-refractivity contribution in [1.29, 1.82) is 0 Å². The van der Waals surface area contributed by atoms with Crippen molar-refractivity contribution >= 4 is 5.78 Å². The maximum absolute atomic E-state index is 10.9. The maximum atomic E-state index is 10.9. The van der Waals surface area contributed by atoms with Crippen LogP contribution < -0.4 is 0 Å². The van der Waals surface area contributed by atoms with Crippen LogP contribution in [0.2, 0.25) is 0 Å². The Bertz CT molecular complexity index is 110. The van der Waals surface area contributed by atoms with Gasteiger partial charge in [0, 0.05) is 0 Å². The Kier molecular flexibility index (Phi) is 10.3. The van der Waals surface area contributed by atoms with Gasteiger partial charge in [-0.25, -0.2) is 0 Å². The van der Waals surface area contributed by atoms with Crippen LogP contribution in [0.1, 0.15) is 40.5 Å². The second-order valence-electron chi connectivity index (χ2n) is 2.88. The minimum atomic E-state index is 0.130. The zero-order valence-corrected chi connectivity index (χ0v) is 9.35. The van der Waals surface area contributed by atoms with E-state index in [1.807, 2.05) is 32.8 Å². The second kappa shape index (κ2) is 8.72. The number of carbonyl (C=O) groups is 1. The highest BCUT2D eigenvalue weighted by Crippen LogP contribution is 2.03. The van der Waals surface area contributed by atoms with Gasteiger partial charge in [0.1, 0.15) is 5.78 Å². The Morgan fingerprint density at radius 3 is 1.83 bits per heavy atom. The lowest BCUT2D eigenvalue weighted by atomic mass is 10.1. The van der Waals surface area contributed by atoms with Crippen molar-refractivity contribution in [3.8, 4) is 0 Å². The van der Waals surface area contributed by atoms with Crippen LogP contribution in [0.25, 0.3) is 0 Å². The number of carbonyl (C=O) groups excluding carboxylic acids is 1. The third-order valence-corrected chi connectivity index (χ3v) is 1.65. The van der Waals surface area contributed by atoms with E-state index in [2.05, 4.69) is 6.92 Å². The van der Waals surface area contributed by atoms with Crippen molar-refractivity contribution in [2.75, 3.05) is 14.1 Å². The molecule has 0 aromatic heterocycles. The van der Waals surface area contributed by atoms with Crippen LogP contribution in [-0.2, 0) is 4.79 Å². The summed E-state index contributed by atoms with van der Waals surface area (Å²) in [5, 5.41) is 0. The van der Waals surface area contributed by atoms with E-state index in [9.17, 15) is 4.79 Å². The molecule has 1 unspecified atom stereocenters. The van der Waals surface area contributed by atoms with E-state index >= 15 is 0 Å². The van der Waals surface area contributed by atoms with Crippen molar-refractivity contribution in [2.45, 2.75) is 46.6 Å². The van der Waals surface area contributed by atoms with E-state index in [-0.39, 0.29) is 11.8 Å². The molecule has 0 aromatic carbocycles. The van der Waals surface area contributed by atoms with E-state index in [0.717, 1.165) is 12.8 Å². The summed E-state index contributed by atoms with van der Waals surface area (Å²) in [5.41, 5.74) is 0. The van der Waals surface area contributed by atoms with Crippen LogP contribution in [0.5, 0.6) is 0 Å². The molecule has 1 atom stereocenters. The van der Waals surface area contributed by atoms with Gasteiger partial charge in [-0.05, 0) is 27.4 Å². The summed E-state index contributed by atoms with van der Waals surface area (Å²) in [6.07, 6.45) is 2.05. The SMILES string of the molecule is CC.CCCC(C(C)=O)N(C)C. The molecule has 0 radical (unpaired) electrons. The number of rotatable bonds is 4. The monoisotopic (exact) mass is 173 g/mol. The average Bonchev–Trinajstić information content (AvgIpc) is 2.03. The van der Waals surface area contributed by atoms with E-state index in [4.69, 9.17) is 0 Å². The third-order valence-electron chi connectivity index (χ3n) is 1.65. The molecule has 0 N–H and O–H groups in total. The summed E-state index contributed by atoms with van der Waals surface area (Å²) >= 11 is 0. The van der Waals surface area contributed by atoms with E-state index < -0.39 is 0 Å². The molecule has 12 heavy (non-hydrogen) atoms. The van der Waals surface area contributed by atoms with Crippen molar-refractivity contribution in [1.82, 2.24) is 4.90 Å². The van der Waals surface area contributed by atoms with E-state index in [1.54, 1.807) is 6.92 Å². The maximum Gasteiger partial charge on any atom is 0.146 e. The van der Waals surface area contributed by atoms with Gasteiger partial charge in [-0.15, -0.1) is 0 Å². The Hall–Kier alpha value is -0.370. The molecule has 0 aliphatic carbocycles. The molecule has 0 spiro atoms. The Labute approximate surface area is 77.0 Å². The zero-order valence-electron chi connectivity index (χ0n) is 9.35. The first-order chi connectivity index (χ1) is 5.59. The molecule has 0 bridgehead atoms. The normalized spacial score (nSPS) is 11.9. The first kappa shape index (κ1) is 14.2. The zero-order chi connectivity index (χ0) is 10.1. The minimum Gasteiger partial charge on any atom is -0.300 e. The first-order valence-electron chi connectivity index (χ1n) is 4.76. The summed E-state index contributed by atoms with van der Waals surface area (Å²) < 4.78 is 0. The van der Waals surface area contributed by atoms with E-state index in [1.165, 1.54) is 0 Å². The molecule has 2 heteroatoms. The lowest BCUT2D eigenvalue weighted by Gasteiger charge is -2.20. The van der Waals surface area contributed by atoms with Crippen LogP contribution in [-0.4, -0.2) is 30.8 Å². The van der Waals surface area contributed by atoms with Crippen molar-refractivity contribution in [2.24, 2.45) is 0 Å². The van der Waals surface area contributed by atoms with Crippen LogP contribution in [0.4, 0.5) is 0 Å². The van der Waals surface area contributed by atoms with Crippen molar-refractivity contribution < 1.29 is 4.79 Å². The van der Waals surface area contributed by atoms with Gasteiger partial charge in [-0.1, -0.05) is 27.2 Å². The average molecular weight is 173 g/mol. The quantitative estimate of drug-likeness (QED) is 0.650. The lowest BCUT2D eigenvalue weighted by Crippen LogP contribution is -2.33. The standard InChI is InChI=1S/C8H17NO.C2H6/c1-5-6-8(7(2)10)9(3)4;1-2/h8H,5-6H2,1-4H3;1-2H3. The second-order valence-corrected chi connectivity index (χ2v) is 2.88. The predicted molar refractivity (Wildman–Crippen MR) is 54.4 cm³/mol. The number of nitrogens with zero attached hydrogens (tertiary/aromatic N) is 1. The van der Waals surface area contributed by atoms with Gasteiger partial charge in [0.05, 0.1) is 6.04 Å². The fraction of sp³-hybridized carbons (Fsp3) is 0.900. The Balaban J connectivity index is 0. The number of Topliss-reactive ketones (excluding diaryl/α,β-unsaturated/α-hetero) is 1. The molecule has 0 saturated carbocycles. The minimum absolute atomic E-state index is 0.130. The molecule has 0 rings (SSSR count). The summed E-state index contributed by atoms with van der Waals surface area (Å²) in [4.78, 5) is 12.9. The summed E-state index contributed by atoms with van der Waals surface area (Å²) in [7, 11) is 3.89. The first-order valence-corrected chi connectivity index (χ1v) is 4.76. The third kappa shape index (κ3) is 6.35. The molecule has 0 saturated heterocycles. The molecule has 0 aliphatic rings. The fourth-order valence-corrected chi connectivity index (χ4v) is 1.10. The summed E-state index contributed by atoms with van der Waals surface area (Å²) in [6.45, 7) is 7.75. The summed E-state index contributed by atoms with van der Waals surface area (Å²) in [6, 6.07) is 0.130. The Morgan fingerprint density at radius 2 is 1.75 bits per heavy atom. The molecular weight excluding hydrogens is 150 g/mol. The van der Waals surface area contributed by atoms with Gasteiger partial charge in [-0.2, -0.15) is 0 Å². The largest absolute Gasteiger partial charge is 0.300 e. The molecule has 0 heterocycles. The smallest absolute Gasteiger partial charge is 0.146 e. The number of ketones is 1. The van der Waals surface area contributed by atoms with Crippen LogP contribution >= 0.6 is 0 Å². The molecule has 0 amide bonds. The number of hydrogen-bond donors (Lipinski definition) is 0. The molecule has 0 aromatic rings. The van der Waals surface area contributed by atoms with Gasteiger partial charge in [0.15, 0.2) is 0 Å². The number of likely N-dealkylation sites (N-methyl/N-ethyl adjacent to an activating group) is 1. The highest BCUT2D eigenvalue weighted by atomic mass is 16.1. The predicted octanol–water partition coefficient (Wildman–Crippen LogP) is 2.33. The molecule has 0 aliphatic heterocycles. The molecule has 0 fully saturated rings. The van der Waals surface area contributed by atoms with Gasteiger partial charge < -0.3 is 0 Å². The van der Waals surface area contributed by atoms with Crippen molar-refractivity contribution in [3.05, 3.63) is 0 Å². The van der Waals surface area contributed by atoms with Crippen LogP contribution in [0.3, 0.4) is 0 Å². The molecule has 2 nitrogen and oxygen atoms in total. The molecule has 74 valence electrons. The van der Waals surface area contributed by atoms with Gasteiger partial charge in [0.25, 0.3) is 0 Å². The van der Waals surface area contributed by atoms with Gasteiger partial charge in [-0.3, -0.25) is 9.69 Å². The highest BCUT2D eigenvalue weighted by molar-refractivity contribution is 5.81. The lowest BCUT2D eigenvalue weighted by molar-refractivity contribution is -0.121. The van der Waals surface area contributed by atoms with Gasteiger partial charge >= 0.3 is 0 Å². The van der Waals surface area contributed by atoms with Crippen LogP contribution in [0, 0.1) is 0 Å². The topological polar surface area (TPSA) is 20.3 Å². The summed E-state index contributed by atoms with van der Waals surface area (Å²) in [5.74, 6) is 0.270. The fourth-order valence-electron chi connectivity index (χ4n) is 1.10. The van der Waals surface area contributed by atoms with Gasteiger partial charge in [0.2, 0.25) is 0 Å². The highest BCUT2D eigenvalue weighted by Gasteiger charge is 2.14. The Morgan fingerprint density at radius 1 is 1.33 bits per heavy atom. The number of hydrogen-bond acceptors (Lipinski definition) is 2.